The normalized spacial score (nSPS) is 28.4. The van der Waals surface area contributed by atoms with Gasteiger partial charge in [0.1, 0.15) is 5.60 Å². The van der Waals surface area contributed by atoms with E-state index in [0.717, 1.165) is 12.5 Å². The molecule has 1 saturated heterocycles. The van der Waals surface area contributed by atoms with Crippen molar-refractivity contribution in [1.82, 2.24) is 10.3 Å². The Balaban J connectivity index is 2.40. The van der Waals surface area contributed by atoms with Crippen LogP contribution in [-0.4, -0.2) is 22.7 Å². The van der Waals surface area contributed by atoms with Crippen molar-refractivity contribution >= 4 is 0 Å². The molecule has 1 aromatic rings. The molecule has 2 N–H and O–H groups in total. The molecule has 3 nitrogen and oxygen atoms in total. The summed E-state index contributed by atoms with van der Waals surface area (Å²) < 4.78 is 39.0. The average Bonchev–Trinajstić information content (AvgIpc) is 2.38. The number of nitrogens with zero attached hydrogens (tertiary/aromatic N) is 1. The number of halogens is 3. The van der Waals surface area contributed by atoms with E-state index in [1.807, 2.05) is 6.92 Å². The quantitative estimate of drug-likeness (QED) is 0.870. The van der Waals surface area contributed by atoms with Gasteiger partial charge in [-0.3, -0.25) is 4.98 Å². The highest BCUT2D eigenvalue weighted by Crippen LogP contribution is 2.40. The number of pyridine rings is 1. The first kappa shape index (κ1) is 14.3. The van der Waals surface area contributed by atoms with Gasteiger partial charge in [0.05, 0.1) is 11.3 Å². The maximum Gasteiger partial charge on any atom is 0.418 e. The molecule has 0 spiro atoms. The van der Waals surface area contributed by atoms with Crippen molar-refractivity contribution in [3.8, 4) is 0 Å². The molecule has 2 atom stereocenters. The lowest BCUT2D eigenvalue weighted by molar-refractivity contribution is -0.142. The van der Waals surface area contributed by atoms with E-state index >= 15 is 0 Å². The van der Waals surface area contributed by atoms with Crippen LogP contribution in [0.25, 0.3) is 0 Å². The summed E-state index contributed by atoms with van der Waals surface area (Å²) in [6.45, 7) is 2.43. The third-order valence-electron chi connectivity index (χ3n) is 3.60. The van der Waals surface area contributed by atoms with Crippen molar-refractivity contribution in [1.29, 1.82) is 0 Å². The van der Waals surface area contributed by atoms with Crippen LogP contribution in [0.3, 0.4) is 0 Å². The monoisotopic (exact) mass is 274 g/mol. The van der Waals surface area contributed by atoms with Gasteiger partial charge in [-0.25, -0.2) is 0 Å². The number of alkyl halides is 3. The van der Waals surface area contributed by atoms with Crippen molar-refractivity contribution in [2.45, 2.75) is 44.0 Å². The van der Waals surface area contributed by atoms with Crippen LogP contribution in [0.5, 0.6) is 0 Å². The van der Waals surface area contributed by atoms with Gasteiger partial charge in [-0.1, -0.05) is 6.92 Å². The molecule has 0 saturated carbocycles. The Morgan fingerprint density at radius 3 is 2.89 bits per heavy atom. The highest BCUT2D eigenvalue weighted by atomic mass is 19.4. The molecule has 106 valence electrons. The summed E-state index contributed by atoms with van der Waals surface area (Å²) in [6.07, 6.45) is -1.94. The summed E-state index contributed by atoms with van der Waals surface area (Å²) in [6, 6.07) is 2.24. The molecular weight excluding hydrogens is 257 g/mol. The Labute approximate surface area is 109 Å². The second-order valence-corrected chi connectivity index (χ2v) is 4.94. The van der Waals surface area contributed by atoms with E-state index in [1.54, 1.807) is 0 Å². The van der Waals surface area contributed by atoms with Crippen LogP contribution in [0.4, 0.5) is 13.2 Å². The van der Waals surface area contributed by atoms with Crippen molar-refractivity contribution in [3.63, 3.8) is 0 Å². The number of aliphatic hydroxyl groups is 1. The van der Waals surface area contributed by atoms with E-state index in [9.17, 15) is 18.3 Å². The maximum absolute atomic E-state index is 13.0. The minimum Gasteiger partial charge on any atom is -0.383 e. The second kappa shape index (κ2) is 5.09. The zero-order chi connectivity index (χ0) is 14.1. The first-order valence-electron chi connectivity index (χ1n) is 6.35. The van der Waals surface area contributed by atoms with Gasteiger partial charge in [0.25, 0.3) is 0 Å². The van der Waals surface area contributed by atoms with Gasteiger partial charge in [0.15, 0.2) is 0 Å². The van der Waals surface area contributed by atoms with Crippen molar-refractivity contribution in [3.05, 3.63) is 29.6 Å². The summed E-state index contributed by atoms with van der Waals surface area (Å²) >= 11 is 0. The van der Waals surface area contributed by atoms with E-state index in [4.69, 9.17) is 0 Å². The molecule has 1 fully saturated rings. The fourth-order valence-corrected chi connectivity index (χ4v) is 2.57. The highest BCUT2D eigenvalue weighted by Gasteiger charge is 2.44. The standard InChI is InChI=1S/C13H17F3N2O/c1-2-9-8-12(19,5-7-17-9)11-10(13(14,15)16)4-3-6-18-11/h3-4,6,9,17,19H,2,5,7-8H2,1H3. The molecule has 0 amide bonds. The predicted octanol–water partition coefficient (Wildman–Crippen LogP) is 2.45. The van der Waals surface area contributed by atoms with Gasteiger partial charge >= 0.3 is 6.18 Å². The topological polar surface area (TPSA) is 45.2 Å². The molecule has 0 aliphatic carbocycles. The number of piperidine rings is 1. The minimum absolute atomic E-state index is 0.0156. The molecule has 2 unspecified atom stereocenters. The summed E-state index contributed by atoms with van der Waals surface area (Å²) in [5, 5.41) is 13.8. The van der Waals surface area contributed by atoms with Crippen LogP contribution < -0.4 is 5.32 Å². The van der Waals surface area contributed by atoms with Gasteiger partial charge in [0.2, 0.25) is 0 Å². The fraction of sp³-hybridized carbons (Fsp3) is 0.615. The summed E-state index contributed by atoms with van der Waals surface area (Å²) in [4.78, 5) is 3.81. The van der Waals surface area contributed by atoms with Crippen LogP contribution in [0.1, 0.15) is 37.4 Å². The van der Waals surface area contributed by atoms with Gasteiger partial charge in [0, 0.05) is 12.2 Å². The maximum atomic E-state index is 13.0. The lowest BCUT2D eigenvalue weighted by Crippen LogP contribution is -2.47. The van der Waals surface area contributed by atoms with Gasteiger partial charge in [-0.15, -0.1) is 0 Å². The number of hydrogen-bond donors (Lipinski definition) is 2. The lowest BCUT2D eigenvalue weighted by Gasteiger charge is -2.38. The molecular formula is C13H17F3N2O. The lowest BCUT2D eigenvalue weighted by atomic mass is 9.82. The second-order valence-electron chi connectivity index (χ2n) is 4.94. The largest absolute Gasteiger partial charge is 0.418 e. The molecule has 19 heavy (non-hydrogen) atoms. The predicted molar refractivity (Wildman–Crippen MR) is 64.5 cm³/mol. The number of rotatable bonds is 2. The molecule has 1 aromatic heterocycles. The van der Waals surface area contributed by atoms with E-state index < -0.39 is 17.3 Å². The van der Waals surface area contributed by atoms with Gasteiger partial charge in [-0.2, -0.15) is 13.2 Å². The van der Waals surface area contributed by atoms with Crippen LogP contribution in [-0.2, 0) is 11.8 Å². The molecule has 1 aliphatic rings. The zero-order valence-corrected chi connectivity index (χ0v) is 10.7. The van der Waals surface area contributed by atoms with Gasteiger partial charge in [-0.05, 0) is 37.9 Å². The number of aromatic nitrogens is 1. The molecule has 2 rings (SSSR count). The van der Waals surface area contributed by atoms with E-state index in [-0.39, 0.29) is 24.6 Å². The summed E-state index contributed by atoms with van der Waals surface area (Å²) in [7, 11) is 0. The highest BCUT2D eigenvalue weighted by molar-refractivity contribution is 5.29. The first-order chi connectivity index (χ1) is 8.87. The minimum atomic E-state index is -4.49. The van der Waals surface area contributed by atoms with Crippen molar-refractivity contribution in [2.24, 2.45) is 0 Å². The van der Waals surface area contributed by atoms with E-state index in [0.29, 0.717) is 6.54 Å². The first-order valence-corrected chi connectivity index (χ1v) is 6.35. The molecule has 0 radical (unpaired) electrons. The molecule has 1 aliphatic heterocycles. The number of nitrogens with one attached hydrogen (secondary N) is 1. The Hall–Kier alpha value is -1.14. The zero-order valence-electron chi connectivity index (χ0n) is 10.7. The van der Waals surface area contributed by atoms with Crippen molar-refractivity contribution in [2.75, 3.05) is 6.54 Å². The third-order valence-corrected chi connectivity index (χ3v) is 3.60. The Morgan fingerprint density at radius 1 is 1.53 bits per heavy atom. The molecule has 2 heterocycles. The third kappa shape index (κ3) is 2.90. The van der Waals surface area contributed by atoms with Crippen LogP contribution in [0, 0.1) is 0 Å². The molecule has 0 aromatic carbocycles. The summed E-state index contributed by atoms with van der Waals surface area (Å²) in [5.41, 5.74) is -2.59. The van der Waals surface area contributed by atoms with Crippen LogP contribution >= 0.6 is 0 Å². The number of hydrogen-bond acceptors (Lipinski definition) is 3. The fourth-order valence-electron chi connectivity index (χ4n) is 2.57. The Kier molecular flexibility index (Phi) is 3.82. The van der Waals surface area contributed by atoms with Crippen LogP contribution in [0.15, 0.2) is 18.3 Å². The summed E-state index contributed by atoms with van der Waals surface area (Å²) in [5.74, 6) is 0. The van der Waals surface area contributed by atoms with E-state index in [2.05, 4.69) is 10.3 Å². The molecule has 6 heteroatoms. The van der Waals surface area contributed by atoms with Crippen LogP contribution in [0.2, 0.25) is 0 Å². The SMILES string of the molecule is CCC1CC(O)(c2ncccc2C(F)(F)F)CCN1. The Bertz CT molecular complexity index is 450. The molecule has 0 bridgehead atoms. The smallest absolute Gasteiger partial charge is 0.383 e. The average molecular weight is 274 g/mol. The Morgan fingerprint density at radius 2 is 2.26 bits per heavy atom. The van der Waals surface area contributed by atoms with Gasteiger partial charge < -0.3 is 10.4 Å². The van der Waals surface area contributed by atoms with E-state index in [1.165, 1.54) is 12.3 Å². The van der Waals surface area contributed by atoms with Crippen molar-refractivity contribution < 1.29 is 18.3 Å².